The van der Waals surface area contributed by atoms with E-state index in [9.17, 15) is 19.5 Å². The number of esters is 1. The van der Waals surface area contributed by atoms with Gasteiger partial charge in [-0.2, -0.15) is 0 Å². The van der Waals surface area contributed by atoms with E-state index in [0.717, 1.165) is 38.4 Å². The van der Waals surface area contributed by atoms with Gasteiger partial charge in [0.2, 0.25) is 5.88 Å². The highest BCUT2D eigenvalue weighted by Gasteiger charge is 2.21. The quantitative estimate of drug-likeness (QED) is 0.301. The number of aromatic hydroxyl groups is 1. The average molecular weight is 460 g/mol. The Morgan fingerprint density at radius 1 is 1.18 bits per heavy atom. The van der Waals surface area contributed by atoms with E-state index in [1.165, 1.54) is 7.11 Å². The number of nitrogens with one attached hydrogen (secondary N) is 2. The predicted molar refractivity (Wildman–Crippen MR) is 129 cm³/mol. The normalized spacial score (nSPS) is 12.3. The van der Waals surface area contributed by atoms with E-state index in [-0.39, 0.29) is 12.0 Å². The number of para-hydroxylation sites is 1. The molecule has 0 bridgehead atoms. The van der Waals surface area contributed by atoms with Gasteiger partial charge in [0.1, 0.15) is 5.56 Å². The summed E-state index contributed by atoms with van der Waals surface area (Å²) in [6, 6.07) is 12.0. The smallest absolute Gasteiger partial charge is 0.335 e. The van der Waals surface area contributed by atoms with Crippen LogP contribution in [-0.4, -0.2) is 45.0 Å². The van der Waals surface area contributed by atoms with E-state index in [0.29, 0.717) is 5.69 Å². The monoisotopic (exact) mass is 460 g/mol. The molecule has 9 heteroatoms. The molecular weight excluding hydrogens is 436 g/mol. The first-order valence-electron chi connectivity index (χ1n) is 10.6. The summed E-state index contributed by atoms with van der Waals surface area (Å²) in [5.74, 6) is -1.17. The van der Waals surface area contributed by atoms with Crippen LogP contribution in [0.4, 0.5) is 0 Å². The fourth-order valence-corrected chi connectivity index (χ4v) is 3.98. The number of carbonyl (C=O) groups is 1. The minimum atomic E-state index is -0.968. The van der Waals surface area contributed by atoms with Gasteiger partial charge in [-0.25, -0.2) is 14.2 Å². The fraction of sp³-hybridized carbons (Fsp3) is 0.200. The highest BCUT2D eigenvalue weighted by molar-refractivity contribution is 5.87. The Bertz CT molecular complexity index is 1510. The number of nitrogens with zero attached hydrogens (tertiary/aromatic N) is 2. The second-order valence-electron chi connectivity index (χ2n) is 8.06. The van der Waals surface area contributed by atoms with Crippen molar-refractivity contribution in [3.8, 4) is 11.6 Å². The van der Waals surface area contributed by atoms with Gasteiger partial charge in [-0.1, -0.05) is 24.3 Å². The Balaban J connectivity index is 1.75. The molecule has 0 aliphatic heterocycles. The van der Waals surface area contributed by atoms with Crippen LogP contribution in [0.5, 0.6) is 5.88 Å². The number of hydrogen-bond acceptors (Lipinski definition) is 6. The molecule has 0 aliphatic carbocycles. The number of ether oxygens (including phenoxy) is 1. The summed E-state index contributed by atoms with van der Waals surface area (Å²) < 4.78 is 5.89. The van der Waals surface area contributed by atoms with Gasteiger partial charge in [0.25, 0.3) is 5.56 Å². The first-order chi connectivity index (χ1) is 16.3. The number of aryl methyl sites for hydroxylation is 2. The van der Waals surface area contributed by atoms with Crippen molar-refractivity contribution in [2.45, 2.75) is 26.3 Å². The Morgan fingerprint density at radius 2 is 1.88 bits per heavy atom. The van der Waals surface area contributed by atoms with E-state index in [2.05, 4.69) is 15.0 Å². The summed E-state index contributed by atoms with van der Waals surface area (Å²) in [4.78, 5) is 47.0. The van der Waals surface area contributed by atoms with Gasteiger partial charge >= 0.3 is 11.7 Å². The molecule has 4 aromatic rings. The SMILES string of the molecule is COC(=O)[C@H](Cc1c[nH]c2ccccc12)N=Cc1c(O)n(-c2cc(C)cc(C)c2)c(=O)[nH]c1=O. The number of methoxy groups -OCH3 is 1. The molecule has 0 amide bonds. The molecule has 0 radical (unpaired) electrons. The number of carbonyl (C=O) groups excluding carboxylic acids is 1. The van der Waals surface area contributed by atoms with Crippen molar-refractivity contribution in [3.63, 3.8) is 0 Å². The molecule has 0 aliphatic rings. The number of fused-ring (bicyclic) bond motifs is 1. The maximum Gasteiger partial charge on any atom is 0.335 e. The molecule has 9 nitrogen and oxygen atoms in total. The molecule has 0 unspecified atom stereocenters. The molecule has 0 saturated heterocycles. The lowest BCUT2D eigenvalue weighted by molar-refractivity contribution is -0.142. The van der Waals surface area contributed by atoms with Crippen LogP contribution in [0.3, 0.4) is 0 Å². The van der Waals surface area contributed by atoms with Crippen LogP contribution in [0.2, 0.25) is 0 Å². The molecule has 2 aromatic carbocycles. The van der Waals surface area contributed by atoms with Gasteiger partial charge in [-0.15, -0.1) is 0 Å². The fourth-order valence-electron chi connectivity index (χ4n) is 3.98. The van der Waals surface area contributed by atoms with E-state index >= 15 is 0 Å². The molecule has 4 rings (SSSR count). The molecule has 1 atom stereocenters. The number of aromatic amines is 2. The van der Waals surface area contributed by atoms with Gasteiger partial charge in [0.05, 0.1) is 12.8 Å². The Kier molecular flexibility index (Phi) is 6.18. The number of hydrogen-bond donors (Lipinski definition) is 3. The Hall–Kier alpha value is -4.40. The zero-order chi connectivity index (χ0) is 24.4. The molecule has 2 aromatic heterocycles. The largest absolute Gasteiger partial charge is 0.493 e. The van der Waals surface area contributed by atoms with Crippen molar-refractivity contribution in [3.05, 3.63) is 91.8 Å². The summed E-state index contributed by atoms with van der Waals surface area (Å²) >= 11 is 0. The van der Waals surface area contributed by atoms with E-state index in [4.69, 9.17) is 4.74 Å². The number of benzene rings is 2. The predicted octanol–water partition coefficient (Wildman–Crippen LogP) is 2.53. The van der Waals surface area contributed by atoms with Gasteiger partial charge in [0.15, 0.2) is 6.04 Å². The number of rotatable bonds is 6. The third-order valence-electron chi connectivity index (χ3n) is 5.53. The van der Waals surface area contributed by atoms with Gasteiger partial charge in [-0.3, -0.25) is 14.8 Å². The van der Waals surface area contributed by atoms with Crippen molar-refractivity contribution >= 4 is 23.1 Å². The van der Waals surface area contributed by atoms with Crippen molar-refractivity contribution in [2.24, 2.45) is 4.99 Å². The van der Waals surface area contributed by atoms with Crippen molar-refractivity contribution < 1.29 is 14.6 Å². The highest BCUT2D eigenvalue weighted by atomic mass is 16.5. The molecule has 174 valence electrons. The zero-order valence-electron chi connectivity index (χ0n) is 19.0. The van der Waals surface area contributed by atoms with E-state index < -0.39 is 29.1 Å². The molecule has 0 fully saturated rings. The number of aromatic nitrogens is 3. The zero-order valence-corrected chi connectivity index (χ0v) is 19.0. The maximum absolute atomic E-state index is 12.5. The third-order valence-corrected chi connectivity index (χ3v) is 5.53. The molecule has 3 N–H and O–H groups in total. The lowest BCUT2D eigenvalue weighted by atomic mass is 10.1. The maximum atomic E-state index is 12.5. The average Bonchev–Trinajstić information content (AvgIpc) is 3.19. The third kappa shape index (κ3) is 4.40. The summed E-state index contributed by atoms with van der Waals surface area (Å²) in [5.41, 5.74) is 2.08. The summed E-state index contributed by atoms with van der Waals surface area (Å²) in [6.07, 6.45) is 3.10. The van der Waals surface area contributed by atoms with Crippen molar-refractivity contribution in [1.82, 2.24) is 14.5 Å². The van der Waals surface area contributed by atoms with Gasteiger partial charge in [0, 0.05) is 29.7 Å². The molecule has 34 heavy (non-hydrogen) atoms. The van der Waals surface area contributed by atoms with Gasteiger partial charge in [-0.05, 0) is 48.7 Å². The second kappa shape index (κ2) is 9.22. The van der Waals surface area contributed by atoms with Crippen molar-refractivity contribution in [1.29, 1.82) is 0 Å². The van der Waals surface area contributed by atoms with E-state index in [1.54, 1.807) is 18.3 Å². The molecule has 0 saturated carbocycles. The number of H-pyrrole nitrogens is 2. The lowest BCUT2D eigenvalue weighted by Crippen LogP contribution is -2.32. The molecule has 0 spiro atoms. The number of aliphatic imine (C=N–C) groups is 1. The van der Waals surface area contributed by atoms with Crippen LogP contribution >= 0.6 is 0 Å². The van der Waals surface area contributed by atoms with Crippen LogP contribution in [-0.2, 0) is 16.0 Å². The standard InChI is InChI=1S/C25H24N4O5/c1-14-8-15(2)10-17(9-14)29-23(31)19(22(30)28-25(29)33)13-27-21(24(32)34-3)11-16-12-26-20-7-5-4-6-18(16)20/h4-10,12-13,21,26,31H,11H2,1-3H3,(H,28,30,33)/t21-/m0/s1. The van der Waals surface area contributed by atoms with Crippen LogP contribution in [0.15, 0.2) is 63.2 Å². The first kappa shape index (κ1) is 22.8. The summed E-state index contributed by atoms with van der Waals surface area (Å²) in [5, 5.41) is 11.8. The summed E-state index contributed by atoms with van der Waals surface area (Å²) in [6.45, 7) is 3.72. The minimum Gasteiger partial charge on any atom is -0.493 e. The minimum absolute atomic E-state index is 0.211. The van der Waals surface area contributed by atoms with Gasteiger partial charge < -0.3 is 14.8 Å². The summed E-state index contributed by atoms with van der Waals surface area (Å²) in [7, 11) is 1.25. The van der Waals surface area contributed by atoms with Crippen LogP contribution in [0, 0.1) is 13.8 Å². The van der Waals surface area contributed by atoms with E-state index in [1.807, 2.05) is 44.2 Å². The lowest BCUT2D eigenvalue weighted by Gasteiger charge is -2.12. The van der Waals surface area contributed by atoms with Crippen molar-refractivity contribution in [2.75, 3.05) is 7.11 Å². The van der Waals surface area contributed by atoms with Crippen LogP contribution in [0.1, 0.15) is 22.3 Å². The van der Waals surface area contributed by atoms with Crippen LogP contribution < -0.4 is 11.2 Å². The highest BCUT2D eigenvalue weighted by Crippen LogP contribution is 2.21. The molecular formula is C25H24N4O5. The Morgan fingerprint density at radius 3 is 2.59 bits per heavy atom. The second-order valence-corrected chi connectivity index (χ2v) is 8.06. The topological polar surface area (TPSA) is 130 Å². The molecule has 2 heterocycles. The van der Waals surface area contributed by atoms with Crippen LogP contribution in [0.25, 0.3) is 16.6 Å². The Labute approximate surface area is 194 Å². The first-order valence-corrected chi connectivity index (χ1v) is 10.6.